The summed E-state index contributed by atoms with van der Waals surface area (Å²) in [5, 5.41) is 2.98. The molecule has 1 saturated heterocycles. The number of benzene rings is 2. The number of aromatic amines is 2. The summed E-state index contributed by atoms with van der Waals surface area (Å²) in [7, 11) is 1.54. The highest BCUT2D eigenvalue weighted by Gasteiger charge is 2.43. The number of aryl methyl sites for hydroxylation is 1. The number of carbonyl (C=O) groups is 2. The smallest absolute Gasteiger partial charge is 0.278 e. The molecule has 2 amide bonds. The van der Waals surface area contributed by atoms with Crippen LogP contribution in [0.3, 0.4) is 0 Å². The first-order valence-electron chi connectivity index (χ1n) is 9.75. The number of para-hydroxylation sites is 2. The van der Waals surface area contributed by atoms with Gasteiger partial charge < -0.3 is 9.72 Å². The molecule has 2 aromatic carbocycles. The van der Waals surface area contributed by atoms with Crippen molar-refractivity contribution < 1.29 is 14.3 Å². The number of H-pyrrole nitrogens is 2. The maximum absolute atomic E-state index is 13.2. The predicted molar refractivity (Wildman–Crippen MR) is 114 cm³/mol. The third-order valence-corrected chi connectivity index (χ3v) is 5.53. The normalized spacial score (nSPS) is 16.5. The van der Waals surface area contributed by atoms with E-state index < -0.39 is 17.4 Å². The summed E-state index contributed by atoms with van der Waals surface area (Å²) in [4.78, 5) is 47.7. The highest BCUT2D eigenvalue weighted by molar-refractivity contribution is 6.22. The van der Waals surface area contributed by atoms with Crippen LogP contribution in [0.5, 0.6) is 5.75 Å². The third-order valence-electron chi connectivity index (χ3n) is 5.53. The number of amides is 2. The molecule has 0 saturated carbocycles. The molecule has 2 aromatic heterocycles. The Kier molecular flexibility index (Phi) is 4.25. The van der Waals surface area contributed by atoms with Crippen LogP contribution >= 0.6 is 0 Å². The Bertz CT molecular complexity index is 1350. The standard InChI is InChI=1S/C22H19N5O4/c1-12-19(21(30)27(25-12)22-23-16-5-3-4-6-17(16)24-22)15-11-18(28)26(20(15)29)13-7-9-14(31-2)10-8-13/h3-10,15,25H,11H2,1-2H3,(H,23,24). The average Bonchev–Trinajstić information content (AvgIpc) is 3.41. The van der Waals surface area contributed by atoms with Gasteiger partial charge >= 0.3 is 0 Å². The quantitative estimate of drug-likeness (QED) is 0.495. The summed E-state index contributed by atoms with van der Waals surface area (Å²) in [5.74, 6) is -0.690. The Morgan fingerprint density at radius 1 is 1.06 bits per heavy atom. The molecule has 0 bridgehead atoms. The van der Waals surface area contributed by atoms with Gasteiger partial charge in [0.25, 0.3) is 5.56 Å². The number of ether oxygens (including phenoxy) is 1. The van der Waals surface area contributed by atoms with E-state index in [-0.39, 0.29) is 17.9 Å². The number of imidazole rings is 1. The number of hydrogen-bond donors (Lipinski definition) is 2. The fourth-order valence-corrected chi connectivity index (χ4v) is 4.02. The molecule has 4 aromatic rings. The molecule has 0 spiro atoms. The molecule has 2 N–H and O–H groups in total. The second-order valence-corrected chi connectivity index (χ2v) is 7.39. The first-order chi connectivity index (χ1) is 15.0. The van der Waals surface area contributed by atoms with Crippen LogP contribution in [-0.4, -0.2) is 38.7 Å². The minimum absolute atomic E-state index is 0.0705. The van der Waals surface area contributed by atoms with Gasteiger partial charge in [-0.05, 0) is 43.3 Å². The van der Waals surface area contributed by atoms with Gasteiger partial charge in [0.2, 0.25) is 17.8 Å². The van der Waals surface area contributed by atoms with E-state index in [1.807, 2.05) is 24.3 Å². The molecule has 31 heavy (non-hydrogen) atoms. The monoisotopic (exact) mass is 417 g/mol. The van der Waals surface area contributed by atoms with Crippen molar-refractivity contribution in [2.45, 2.75) is 19.3 Å². The molecule has 1 aliphatic rings. The van der Waals surface area contributed by atoms with Crippen LogP contribution in [0.4, 0.5) is 5.69 Å². The number of imide groups is 1. The molecule has 5 rings (SSSR count). The van der Waals surface area contributed by atoms with Gasteiger partial charge in [0.05, 0.1) is 35.3 Å². The summed E-state index contributed by atoms with van der Waals surface area (Å²) in [5.41, 5.74) is 2.35. The Labute approximate surface area is 176 Å². The summed E-state index contributed by atoms with van der Waals surface area (Å²) in [6.07, 6.45) is -0.0705. The lowest BCUT2D eigenvalue weighted by molar-refractivity contribution is -0.121. The lowest BCUT2D eigenvalue weighted by Gasteiger charge is -2.15. The minimum Gasteiger partial charge on any atom is -0.497 e. The fraction of sp³-hybridized carbons (Fsp3) is 0.182. The Morgan fingerprint density at radius 3 is 2.52 bits per heavy atom. The summed E-state index contributed by atoms with van der Waals surface area (Å²) in [6, 6.07) is 14.1. The average molecular weight is 417 g/mol. The predicted octanol–water partition coefficient (Wildman–Crippen LogP) is 2.41. The molecule has 0 aliphatic carbocycles. The molecule has 1 atom stereocenters. The first kappa shape index (κ1) is 18.9. The van der Waals surface area contributed by atoms with Crippen molar-refractivity contribution in [2.24, 2.45) is 0 Å². The number of rotatable bonds is 4. The van der Waals surface area contributed by atoms with E-state index in [4.69, 9.17) is 4.74 Å². The van der Waals surface area contributed by atoms with Crippen LogP contribution in [0.25, 0.3) is 17.0 Å². The number of aromatic nitrogens is 4. The van der Waals surface area contributed by atoms with E-state index in [0.717, 1.165) is 15.9 Å². The summed E-state index contributed by atoms with van der Waals surface area (Å²) >= 11 is 0. The first-order valence-corrected chi connectivity index (χ1v) is 9.75. The van der Waals surface area contributed by atoms with Gasteiger partial charge in [0, 0.05) is 12.1 Å². The molecule has 3 heterocycles. The van der Waals surface area contributed by atoms with Crippen molar-refractivity contribution in [3.05, 3.63) is 70.1 Å². The van der Waals surface area contributed by atoms with Crippen LogP contribution in [-0.2, 0) is 9.59 Å². The number of methoxy groups -OCH3 is 1. The summed E-state index contributed by atoms with van der Waals surface area (Å²) < 4.78 is 6.40. The number of hydrogen-bond acceptors (Lipinski definition) is 5. The van der Waals surface area contributed by atoms with Crippen LogP contribution < -0.4 is 15.2 Å². The van der Waals surface area contributed by atoms with E-state index in [1.165, 1.54) is 4.68 Å². The van der Waals surface area contributed by atoms with E-state index in [2.05, 4.69) is 15.1 Å². The van der Waals surface area contributed by atoms with Gasteiger partial charge in [-0.25, -0.2) is 9.88 Å². The Hall–Kier alpha value is -4.14. The number of carbonyl (C=O) groups excluding carboxylic acids is 2. The van der Waals surface area contributed by atoms with Crippen molar-refractivity contribution in [1.82, 2.24) is 19.7 Å². The van der Waals surface area contributed by atoms with Gasteiger partial charge in [-0.1, -0.05) is 12.1 Å². The highest BCUT2D eigenvalue weighted by atomic mass is 16.5. The number of anilines is 1. The number of nitrogens with zero attached hydrogens (tertiary/aromatic N) is 3. The molecule has 0 radical (unpaired) electrons. The van der Waals surface area contributed by atoms with E-state index in [9.17, 15) is 14.4 Å². The third kappa shape index (κ3) is 2.93. The van der Waals surface area contributed by atoms with Gasteiger partial charge in [0.15, 0.2) is 0 Å². The molecular formula is C22H19N5O4. The lowest BCUT2D eigenvalue weighted by atomic mass is 9.98. The zero-order chi connectivity index (χ0) is 21.7. The van der Waals surface area contributed by atoms with Crippen LogP contribution in [0.2, 0.25) is 0 Å². The fourth-order valence-electron chi connectivity index (χ4n) is 4.02. The number of nitrogens with one attached hydrogen (secondary N) is 2. The SMILES string of the molecule is COc1ccc(N2C(=O)CC(c3c(C)[nH]n(-c4nc5ccccc5[nH]4)c3=O)C2=O)cc1. The number of fused-ring (bicyclic) bond motifs is 1. The molecule has 156 valence electrons. The molecule has 1 unspecified atom stereocenters. The van der Waals surface area contributed by atoms with Gasteiger partial charge in [-0.2, -0.15) is 4.68 Å². The zero-order valence-electron chi connectivity index (χ0n) is 16.9. The summed E-state index contributed by atoms with van der Waals surface area (Å²) in [6.45, 7) is 1.71. The van der Waals surface area contributed by atoms with E-state index in [0.29, 0.717) is 23.1 Å². The second kappa shape index (κ2) is 6.98. The minimum atomic E-state index is -0.857. The molecule has 1 fully saturated rings. The maximum atomic E-state index is 13.2. The van der Waals surface area contributed by atoms with Gasteiger partial charge in [-0.15, -0.1) is 0 Å². The Morgan fingerprint density at radius 2 is 1.81 bits per heavy atom. The topological polar surface area (TPSA) is 113 Å². The molecule has 1 aliphatic heterocycles. The highest BCUT2D eigenvalue weighted by Crippen LogP contribution is 2.33. The van der Waals surface area contributed by atoms with Gasteiger partial charge in [-0.3, -0.25) is 19.5 Å². The van der Waals surface area contributed by atoms with Crippen molar-refractivity contribution in [3.63, 3.8) is 0 Å². The van der Waals surface area contributed by atoms with Crippen molar-refractivity contribution >= 4 is 28.5 Å². The van der Waals surface area contributed by atoms with Crippen molar-refractivity contribution in [2.75, 3.05) is 12.0 Å². The molecule has 9 nitrogen and oxygen atoms in total. The molecular weight excluding hydrogens is 398 g/mol. The van der Waals surface area contributed by atoms with Crippen LogP contribution in [0, 0.1) is 6.92 Å². The van der Waals surface area contributed by atoms with Crippen LogP contribution in [0.1, 0.15) is 23.6 Å². The zero-order valence-corrected chi connectivity index (χ0v) is 16.9. The maximum Gasteiger partial charge on any atom is 0.278 e. The Balaban J connectivity index is 1.52. The van der Waals surface area contributed by atoms with Gasteiger partial charge in [0.1, 0.15) is 5.75 Å². The van der Waals surface area contributed by atoms with E-state index >= 15 is 0 Å². The molecule has 9 heteroatoms. The largest absolute Gasteiger partial charge is 0.497 e. The second-order valence-electron chi connectivity index (χ2n) is 7.39. The lowest BCUT2D eigenvalue weighted by Crippen LogP contribution is -2.31. The van der Waals surface area contributed by atoms with Crippen molar-refractivity contribution in [1.29, 1.82) is 0 Å². The van der Waals surface area contributed by atoms with Crippen molar-refractivity contribution in [3.8, 4) is 11.7 Å². The van der Waals surface area contributed by atoms with E-state index in [1.54, 1.807) is 38.3 Å². The van der Waals surface area contributed by atoms with Crippen LogP contribution in [0.15, 0.2) is 53.3 Å².